The normalized spacial score (nSPS) is 17.3. The molecule has 1 amide bonds. The number of hydrogen-bond acceptors (Lipinski definition) is 8. The van der Waals surface area contributed by atoms with Crippen molar-refractivity contribution in [3.05, 3.63) is 62.5 Å². The van der Waals surface area contributed by atoms with Crippen molar-refractivity contribution in [2.24, 2.45) is 5.92 Å². The van der Waals surface area contributed by atoms with E-state index in [0.717, 1.165) is 0 Å². The van der Waals surface area contributed by atoms with Crippen LogP contribution in [0.5, 0.6) is 0 Å². The van der Waals surface area contributed by atoms with Gasteiger partial charge in [0.25, 0.3) is 11.6 Å². The first-order valence-corrected chi connectivity index (χ1v) is 11.1. The third kappa shape index (κ3) is 6.44. The molecule has 0 aliphatic carbocycles. The van der Waals surface area contributed by atoms with Crippen LogP contribution in [0.1, 0.15) is 45.1 Å². The molecule has 3 N–H and O–H groups in total. The zero-order valence-electron chi connectivity index (χ0n) is 20.4. The van der Waals surface area contributed by atoms with Crippen LogP contribution in [0.15, 0.2) is 46.8 Å². The number of dihydropyridines is 1. The van der Waals surface area contributed by atoms with Crippen LogP contribution < -0.4 is 10.6 Å². The van der Waals surface area contributed by atoms with Crippen LogP contribution in [-0.4, -0.2) is 54.7 Å². The summed E-state index contributed by atoms with van der Waals surface area (Å²) in [6.07, 6.45) is 1.12. The Morgan fingerprint density at radius 3 is 2.43 bits per heavy atom. The van der Waals surface area contributed by atoms with Gasteiger partial charge in [-0.15, -0.1) is 0 Å². The fourth-order valence-electron chi connectivity index (χ4n) is 4.21. The molecule has 0 radical (unpaired) electrons. The molecule has 0 bridgehead atoms. The lowest BCUT2D eigenvalue weighted by atomic mass is 9.79. The van der Waals surface area contributed by atoms with Crippen molar-refractivity contribution in [1.29, 1.82) is 0 Å². The number of carbonyl (C=O) groups is 3. The zero-order chi connectivity index (χ0) is 26.3. The number of methoxy groups -OCH3 is 2. The number of allylic oxidation sites excluding steroid dienone is 2. The molecule has 11 nitrogen and oxygen atoms in total. The van der Waals surface area contributed by atoms with Gasteiger partial charge in [0.15, 0.2) is 0 Å². The molecule has 0 saturated carbocycles. The fourth-order valence-corrected chi connectivity index (χ4v) is 4.21. The Kier molecular flexibility index (Phi) is 9.52. The first-order chi connectivity index (χ1) is 16.5. The lowest BCUT2D eigenvalue weighted by Gasteiger charge is -2.32. The number of aliphatic carboxylic acids is 1. The lowest BCUT2D eigenvalue weighted by Crippen LogP contribution is -2.47. The third-order valence-electron chi connectivity index (χ3n) is 5.95. The van der Waals surface area contributed by atoms with Crippen LogP contribution in [0.3, 0.4) is 0 Å². The summed E-state index contributed by atoms with van der Waals surface area (Å²) in [7, 11) is 2.75. The second-order valence-corrected chi connectivity index (χ2v) is 8.38. The number of carboxylic acids is 1. The number of nitro benzene ring substituents is 1. The Labute approximate surface area is 203 Å². The molecule has 1 aromatic carbocycles. The summed E-state index contributed by atoms with van der Waals surface area (Å²) in [5, 5.41) is 26.7. The summed E-state index contributed by atoms with van der Waals surface area (Å²) < 4.78 is 9.95. The predicted molar refractivity (Wildman–Crippen MR) is 126 cm³/mol. The number of rotatable bonds is 11. The molecule has 1 aliphatic heterocycles. The molecule has 0 spiro atoms. The van der Waals surface area contributed by atoms with Crippen molar-refractivity contribution in [2.75, 3.05) is 20.8 Å². The van der Waals surface area contributed by atoms with Gasteiger partial charge < -0.3 is 25.2 Å². The number of carbonyl (C=O) groups excluding carboxylic acids is 2. The Bertz CT molecular complexity index is 1060. The number of nitrogens with zero attached hydrogens (tertiary/aromatic N) is 1. The lowest BCUT2D eigenvalue weighted by molar-refractivity contribution is -0.384. The minimum absolute atomic E-state index is 0.0758. The number of nitro groups is 1. The smallest absolute Gasteiger partial charge is 0.336 e. The summed E-state index contributed by atoms with van der Waals surface area (Å²) in [4.78, 5) is 49.0. The topological polar surface area (TPSA) is 157 Å². The highest BCUT2D eigenvalue weighted by Gasteiger charge is 2.39. The van der Waals surface area contributed by atoms with E-state index < -0.39 is 40.6 Å². The van der Waals surface area contributed by atoms with E-state index in [4.69, 9.17) is 9.47 Å². The van der Waals surface area contributed by atoms with Crippen molar-refractivity contribution in [3.63, 3.8) is 0 Å². The van der Waals surface area contributed by atoms with Gasteiger partial charge in [-0.3, -0.25) is 14.9 Å². The summed E-state index contributed by atoms with van der Waals surface area (Å²) >= 11 is 0. The standard InChI is InChI=1S/C24H31N3O8/c1-13(8-7-11-34-4)21(23(29)30)26-22(28)18-14(2)25-15(3)19(24(31)35-5)20(18)16-9-6-10-17(12-16)27(32)33/h6,9-10,12-13,20-21,25H,7-8,11H2,1-5H3,(H,26,28)(H,29,30). The highest BCUT2D eigenvalue weighted by atomic mass is 16.6. The van der Waals surface area contributed by atoms with Crippen LogP contribution in [0.4, 0.5) is 5.69 Å². The van der Waals surface area contributed by atoms with Crippen molar-refractivity contribution in [3.8, 4) is 0 Å². The number of benzene rings is 1. The second kappa shape index (κ2) is 12.1. The van der Waals surface area contributed by atoms with Gasteiger partial charge in [-0.25, -0.2) is 9.59 Å². The molecule has 1 aliphatic rings. The van der Waals surface area contributed by atoms with Gasteiger partial charge in [-0.05, 0) is 38.2 Å². The number of hydrogen-bond donors (Lipinski definition) is 3. The van der Waals surface area contributed by atoms with Gasteiger partial charge in [0, 0.05) is 42.8 Å². The molecule has 3 atom stereocenters. The largest absolute Gasteiger partial charge is 0.480 e. The minimum atomic E-state index is -1.20. The molecule has 1 aromatic rings. The fraction of sp³-hybridized carbons (Fsp3) is 0.458. The molecular weight excluding hydrogens is 458 g/mol. The van der Waals surface area contributed by atoms with E-state index in [1.54, 1.807) is 33.9 Å². The average molecular weight is 490 g/mol. The Morgan fingerprint density at radius 2 is 1.86 bits per heavy atom. The number of amides is 1. The van der Waals surface area contributed by atoms with E-state index in [1.165, 1.54) is 25.3 Å². The van der Waals surface area contributed by atoms with Gasteiger partial charge in [0.1, 0.15) is 6.04 Å². The maximum Gasteiger partial charge on any atom is 0.336 e. The van der Waals surface area contributed by atoms with E-state index in [1.807, 2.05) is 0 Å². The van der Waals surface area contributed by atoms with Crippen molar-refractivity contribution < 1.29 is 33.9 Å². The molecule has 35 heavy (non-hydrogen) atoms. The van der Waals surface area contributed by atoms with Crippen molar-refractivity contribution in [1.82, 2.24) is 10.6 Å². The number of nitrogens with one attached hydrogen (secondary N) is 2. The first-order valence-electron chi connectivity index (χ1n) is 11.1. The molecule has 11 heteroatoms. The van der Waals surface area contributed by atoms with Gasteiger partial charge in [0.2, 0.25) is 0 Å². The van der Waals surface area contributed by atoms with E-state index >= 15 is 0 Å². The quantitative estimate of drug-likeness (QED) is 0.184. The first kappa shape index (κ1) is 27.5. The molecule has 3 unspecified atom stereocenters. The number of esters is 1. The van der Waals surface area contributed by atoms with Gasteiger partial charge in [0.05, 0.1) is 23.5 Å². The molecule has 2 rings (SSSR count). The Hall–Kier alpha value is -3.73. The van der Waals surface area contributed by atoms with E-state index in [9.17, 15) is 29.6 Å². The summed E-state index contributed by atoms with van der Waals surface area (Å²) in [6.45, 7) is 5.43. The monoisotopic (exact) mass is 489 g/mol. The molecule has 0 fully saturated rings. The average Bonchev–Trinajstić information content (AvgIpc) is 2.81. The van der Waals surface area contributed by atoms with Gasteiger partial charge in [-0.1, -0.05) is 19.1 Å². The van der Waals surface area contributed by atoms with E-state index in [2.05, 4.69) is 10.6 Å². The zero-order valence-corrected chi connectivity index (χ0v) is 20.4. The van der Waals surface area contributed by atoms with E-state index in [-0.39, 0.29) is 16.8 Å². The van der Waals surface area contributed by atoms with Crippen LogP contribution in [0, 0.1) is 16.0 Å². The predicted octanol–water partition coefficient (Wildman–Crippen LogP) is 2.63. The van der Waals surface area contributed by atoms with Crippen molar-refractivity contribution in [2.45, 2.75) is 45.6 Å². The summed E-state index contributed by atoms with van der Waals surface area (Å²) in [5.74, 6) is -4.03. The summed E-state index contributed by atoms with van der Waals surface area (Å²) in [6, 6.07) is 4.43. The minimum Gasteiger partial charge on any atom is -0.480 e. The van der Waals surface area contributed by atoms with Crippen LogP contribution in [-0.2, 0) is 23.9 Å². The third-order valence-corrected chi connectivity index (χ3v) is 5.95. The van der Waals surface area contributed by atoms with Gasteiger partial charge >= 0.3 is 11.9 Å². The highest BCUT2D eigenvalue weighted by Crippen LogP contribution is 2.39. The Morgan fingerprint density at radius 1 is 1.20 bits per heavy atom. The summed E-state index contributed by atoms with van der Waals surface area (Å²) in [5.41, 5.74) is 1.10. The SMILES string of the molecule is COCCCC(C)C(NC(=O)C1=C(C)NC(C)=C(C(=O)OC)C1c1cccc([N+](=O)[O-])c1)C(=O)O. The highest BCUT2D eigenvalue weighted by molar-refractivity contribution is 6.03. The maximum absolute atomic E-state index is 13.5. The maximum atomic E-state index is 13.5. The van der Waals surface area contributed by atoms with Crippen LogP contribution in [0.2, 0.25) is 0 Å². The molecule has 0 aromatic heterocycles. The Balaban J connectivity index is 2.54. The van der Waals surface area contributed by atoms with Crippen LogP contribution >= 0.6 is 0 Å². The number of carboxylic acid groups (broad SMARTS) is 1. The number of ether oxygens (including phenoxy) is 2. The number of non-ortho nitro benzene ring substituents is 1. The van der Waals surface area contributed by atoms with E-state index in [0.29, 0.717) is 36.4 Å². The van der Waals surface area contributed by atoms with Crippen LogP contribution in [0.25, 0.3) is 0 Å². The second-order valence-electron chi connectivity index (χ2n) is 8.38. The van der Waals surface area contributed by atoms with Gasteiger partial charge in [-0.2, -0.15) is 0 Å². The van der Waals surface area contributed by atoms with Crippen molar-refractivity contribution >= 4 is 23.5 Å². The molecule has 0 saturated heterocycles. The molecule has 1 heterocycles. The molecular formula is C24H31N3O8. The molecule has 190 valence electrons.